The Morgan fingerprint density at radius 2 is 2.20 bits per heavy atom. The molecule has 0 atom stereocenters. The predicted octanol–water partition coefficient (Wildman–Crippen LogP) is 1.76. The van der Waals surface area contributed by atoms with Crippen molar-refractivity contribution in [1.29, 1.82) is 0 Å². The normalized spacial score (nSPS) is 11.9. The Labute approximate surface area is 60.2 Å². The maximum absolute atomic E-state index is 10.3. The van der Waals surface area contributed by atoms with Gasteiger partial charge in [0.15, 0.2) is 0 Å². The monoisotopic (exact) mass is 138 g/mol. The van der Waals surface area contributed by atoms with Crippen LogP contribution in [-0.4, -0.2) is 11.1 Å². The second kappa shape index (κ2) is 4.56. The Balaban J connectivity index is 4.33. The molecule has 0 unspecified atom stereocenters. The molecule has 0 saturated carbocycles. The number of rotatable bonds is 3. The highest BCUT2D eigenvalue weighted by Gasteiger charge is 1.97. The molecule has 0 aromatic heterocycles. The van der Waals surface area contributed by atoms with Crippen LogP contribution in [0.15, 0.2) is 36.5 Å². The molecule has 0 aromatic rings. The molecule has 0 bridgehead atoms. The Morgan fingerprint density at radius 3 is 2.50 bits per heavy atom. The van der Waals surface area contributed by atoms with Gasteiger partial charge in [-0.15, -0.1) is 0 Å². The summed E-state index contributed by atoms with van der Waals surface area (Å²) < 4.78 is 0. The molecule has 1 N–H and O–H groups in total. The van der Waals surface area contributed by atoms with Crippen LogP contribution >= 0.6 is 0 Å². The number of carbonyl (C=O) groups is 1. The van der Waals surface area contributed by atoms with Gasteiger partial charge in [0.25, 0.3) is 0 Å². The summed E-state index contributed by atoms with van der Waals surface area (Å²) in [6, 6.07) is 0. The van der Waals surface area contributed by atoms with Crippen LogP contribution in [0.1, 0.15) is 6.92 Å². The maximum atomic E-state index is 10.3. The van der Waals surface area contributed by atoms with Crippen molar-refractivity contribution in [2.24, 2.45) is 0 Å². The van der Waals surface area contributed by atoms with Crippen molar-refractivity contribution >= 4 is 5.97 Å². The van der Waals surface area contributed by atoms with E-state index in [0.29, 0.717) is 0 Å². The third-order valence-corrected chi connectivity index (χ3v) is 0.935. The minimum Gasteiger partial charge on any atom is -0.478 e. The molecule has 2 nitrogen and oxygen atoms in total. The standard InChI is InChI=1S/C8H10O2/c1-3-5-6-7(4-2)8(9)10/h3-6H,2H2,1H3,(H,9,10). The van der Waals surface area contributed by atoms with E-state index < -0.39 is 5.97 Å². The van der Waals surface area contributed by atoms with E-state index in [4.69, 9.17) is 5.11 Å². The molecule has 0 aromatic carbocycles. The van der Waals surface area contributed by atoms with E-state index in [1.54, 1.807) is 12.2 Å². The Hall–Kier alpha value is -1.31. The second-order valence-electron chi connectivity index (χ2n) is 1.66. The van der Waals surface area contributed by atoms with Gasteiger partial charge in [-0.3, -0.25) is 0 Å². The summed E-state index contributed by atoms with van der Waals surface area (Å²) in [6.07, 6.45) is 6.22. The first-order valence-electron chi connectivity index (χ1n) is 2.91. The average molecular weight is 138 g/mol. The van der Waals surface area contributed by atoms with Gasteiger partial charge in [-0.1, -0.05) is 24.8 Å². The van der Waals surface area contributed by atoms with Gasteiger partial charge in [-0.05, 0) is 13.0 Å². The molecule has 0 amide bonds. The van der Waals surface area contributed by atoms with E-state index in [2.05, 4.69) is 6.58 Å². The summed E-state index contributed by atoms with van der Waals surface area (Å²) in [7, 11) is 0. The lowest BCUT2D eigenvalue weighted by Gasteiger charge is -1.88. The molecule has 0 aliphatic rings. The Morgan fingerprint density at radius 1 is 1.60 bits per heavy atom. The van der Waals surface area contributed by atoms with Crippen LogP contribution < -0.4 is 0 Å². The summed E-state index contributed by atoms with van der Waals surface area (Å²) >= 11 is 0. The topological polar surface area (TPSA) is 37.3 Å². The SMILES string of the molecule is C=CC(=CC=CC)C(=O)O. The van der Waals surface area contributed by atoms with Crippen molar-refractivity contribution in [3.05, 3.63) is 36.5 Å². The van der Waals surface area contributed by atoms with Crippen LogP contribution in [0.4, 0.5) is 0 Å². The minimum absolute atomic E-state index is 0.207. The van der Waals surface area contributed by atoms with Crippen LogP contribution in [0.3, 0.4) is 0 Å². The van der Waals surface area contributed by atoms with Crippen molar-refractivity contribution in [2.45, 2.75) is 6.92 Å². The Bertz CT molecular complexity index is 187. The third kappa shape index (κ3) is 2.87. The molecule has 0 radical (unpaired) electrons. The van der Waals surface area contributed by atoms with E-state index in [-0.39, 0.29) is 5.57 Å². The zero-order chi connectivity index (χ0) is 7.98. The van der Waals surface area contributed by atoms with Gasteiger partial charge < -0.3 is 5.11 Å². The van der Waals surface area contributed by atoms with Crippen LogP contribution in [0, 0.1) is 0 Å². The van der Waals surface area contributed by atoms with Crippen molar-refractivity contribution < 1.29 is 9.90 Å². The number of allylic oxidation sites excluding steroid dienone is 3. The third-order valence-electron chi connectivity index (χ3n) is 0.935. The summed E-state index contributed by atoms with van der Waals surface area (Å²) in [5.74, 6) is -0.951. The van der Waals surface area contributed by atoms with Gasteiger partial charge in [-0.2, -0.15) is 0 Å². The lowest BCUT2D eigenvalue weighted by molar-refractivity contribution is -0.132. The van der Waals surface area contributed by atoms with Crippen LogP contribution in [0.2, 0.25) is 0 Å². The number of aliphatic carboxylic acids is 1. The van der Waals surface area contributed by atoms with Crippen molar-refractivity contribution in [3.8, 4) is 0 Å². The predicted molar refractivity (Wildman–Crippen MR) is 40.7 cm³/mol. The smallest absolute Gasteiger partial charge is 0.335 e. The highest BCUT2D eigenvalue weighted by molar-refractivity contribution is 5.89. The lowest BCUT2D eigenvalue weighted by atomic mass is 10.2. The molecule has 0 aliphatic carbocycles. The second-order valence-corrected chi connectivity index (χ2v) is 1.66. The Kier molecular flexibility index (Phi) is 3.96. The maximum Gasteiger partial charge on any atom is 0.335 e. The average Bonchev–Trinajstić information content (AvgIpc) is 1.89. The molecule has 10 heavy (non-hydrogen) atoms. The lowest BCUT2D eigenvalue weighted by Crippen LogP contribution is -1.95. The van der Waals surface area contributed by atoms with Crippen molar-refractivity contribution in [2.75, 3.05) is 0 Å². The highest BCUT2D eigenvalue weighted by Crippen LogP contribution is 1.95. The molecule has 0 saturated heterocycles. The first-order valence-corrected chi connectivity index (χ1v) is 2.91. The fraction of sp³-hybridized carbons (Fsp3) is 0.125. The van der Waals surface area contributed by atoms with Gasteiger partial charge >= 0.3 is 5.97 Å². The van der Waals surface area contributed by atoms with E-state index in [9.17, 15) is 4.79 Å². The summed E-state index contributed by atoms with van der Waals surface area (Å²) in [5.41, 5.74) is 0.207. The van der Waals surface area contributed by atoms with Gasteiger partial charge in [0.1, 0.15) is 0 Å². The van der Waals surface area contributed by atoms with Gasteiger partial charge in [0.05, 0.1) is 5.57 Å². The van der Waals surface area contributed by atoms with E-state index >= 15 is 0 Å². The molecule has 0 fully saturated rings. The number of carboxylic acid groups (broad SMARTS) is 1. The quantitative estimate of drug-likeness (QED) is 0.476. The zero-order valence-corrected chi connectivity index (χ0v) is 5.87. The fourth-order valence-corrected chi connectivity index (χ4v) is 0.427. The van der Waals surface area contributed by atoms with Crippen LogP contribution in [0.5, 0.6) is 0 Å². The minimum atomic E-state index is -0.951. The molecular weight excluding hydrogens is 128 g/mol. The molecule has 0 heterocycles. The molecule has 0 rings (SSSR count). The first-order chi connectivity index (χ1) is 4.72. The largest absolute Gasteiger partial charge is 0.478 e. The van der Waals surface area contributed by atoms with Crippen LogP contribution in [0.25, 0.3) is 0 Å². The molecule has 2 heteroatoms. The molecule has 54 valence electrons. The molecular formula is C8H10O2. The summed E-state index contributed by atoms with van der Waals surface area (Å²) in [4.78, 5) is 10.3. The van der Waals surface area contributed by atoms with Gasteiger partial charge in [0, 0.05) is 0 Å². The summed E-state index contributed by atoms with van der Waals surface area (Å²) in [6.45, 7) is 5.17. The fourth-order valence-electron chi connectivity index (χ4n) is 0.427. The molecule has 0 aliphatic heterocycles. The first kappa shape index (κ1) is 8.69. The number of hydrogen-bond donors (Lipinski definition) is 1. The van der Waals surface area contributed by atoms with E-state index in [1.807, 2.05) is 6.92 Å². The summed E-state index contributed by atoms with van der Waals surface area (Å²) in [5, 5.41) is 8.43. The van der Waals surface area contributed by atoms with Crippen molar-refractivity contribution in [3.63, 3.8) is 0 Å². The zero-order valence-electron chi connectivity index (χ0n) is 5.87. The number of carboxylic acids is 1. The van der Waals surface area contributed by atoms with Crippen LogP contribution in [-0.2, 0) is 4.79 Å². The molecule has 0 spiro atoms. The van der Waals surface area contributed by atoms with Crippen molar-refractivity contribution in [1.82, 2.24) is 0 Å². The van der Waals surface area contributed by atoms with Gasteiger partial charge in [0.2, 0.25) is 0 Å². The highest BCUT2D eigenvalue weighted by atomic mass is 16.4. The van der Waals surface area contributed by atoms with E-state index in [1.165, 1.54) is 12.2 Å². The number of hydrogen-bond acceptors (Lipinski definition) is 1. The van der Waals surface area contributed by atoms with Gasteiger partial charge in [-0.25, -0.2) is 4.79 Å². The van der Waals surface area contributed by atoms with E-state index in [0.717, 1.165) is 0 Å².